The van der Waals surface area contributed by atoms with Crippen LogP contribution < -0.4 is 10.9 Å². The molecule has 0 aliphatic carbocycles. The Balaban J connectivity index is 1.57. The summed E-state index contributed by atoms with van der Waals surface area (Å²) >= 11 is 0. The normalized spacial score (nSPS) is 17.1. The van der Waals surface area contributed by atoms with Gasteiger partial charge >= 0.3 is 5.63 Å². The number of sulfone groups is 1. The number of furan rings is 1. The molecule has 3 heterocycles. The van der Waals surface area contributed by atoms with E-state index in [0.29, 0.717) is 22.3 Å². The van der Waals surface area contributed by atoms with E-state index in [1.807, 2.05) is 43.3 Å². The summed E-state index contributed by atoms with van der Waals surface area (Å²) in [5, 5.41) is 5.36. The molecule has 0 spiro atoms. The van der Waals surface area contributed by atoms with Crippen LogP contribution in [0.2, 0.25) is 0 Å². The van der Waals surface area contributed by atoms with E-state index in [4.69, 9.17) is 8.83 Å². The minimum atomic E-state index is -3.29. The van der Waals surface area contributed by atoms with Gasteiger partial charge in [0.2, 0.25) is 5.91 Å². The first kappa shape index (κ1) is 21.2. The lowest BCUT2D eigenvalue weighted by Gasteiger charge is -2.12. The molecule has 0 saturated carbocycles. The highest BCUT2D eigenvalue weighted by molar-refractivity contribution is 7.94. The van der Waals surface area contributed by atoms with Crippen LogP contribution in [-0.2, 0) is 21.1 Å². The second-order valence-corrected chi connectivity index (χ2v) is 10.2. The molecule has 1 atom stereocenters. The molecule has 33 heavy (non-hydrogen) atoms. The average Bonchev–Trinajstić information content (AvgIpc) is 3.35. The number of aryl methyl sites for hydroxylation is 2. The van der Waals surface area contributed by atoms with Crippen LogP contribution in [0.4, 0.5) is 0 Å². The first-order valence-electron chi connectivity index (χ1n) is 10.5. The molecule has 0 saturated heterocycles. The van der Waals surface area contributed by atoms with Gasteiger partial charge in [0.25, 0.3) is 0 Å². The van der Waals surface area contributed by atoms with Gasteiger partial charge in [-0.3, -0.25) is 4.79 Å². The monoisotopic (exact) mass is 463 g/mol. The molecule has 8 heteroatoms. The van der Waals surface area contributed by atoms with Crippen LogP contribution in [-0.4, -0.2) is 26.1 Å². The van der Waals surface area contributed by atoms with Crippen molar-refractivity contribution in [2.45, 2.75) is 26.3 Å². The topological polar surface area (TPSA) is 107 Å². The number of carbonyl (C=O) groups excluding carboxylic acids is 1. The quantitative estimate of drug-likeness (QED) is 0.462. The van der Waals surface area contributed by atoms with Crippen LogP contribution >= 0.6 is 0 Å². The largest absolute Gasteiger partial charge is 0.463 e. The van der Waals surface area contributed by atoms with Gasteiger partial charge < -0.3 is 14.2 Å². The third kappa shape index (κ3) is 3.76. The minimum absolute atomic E-state index is 0.177. The summed E-state index contributed by atoms with van der Waals surface area (Å²) in [6, 6.07) is 11.2. The van der Waals surface area contributed by atoms with Gasteiger partial charge in [-0.15, -0.1) is 0 Å². The van der Waals surface area contributed by atoms with Gasteiger partial charge in [0, 0.05) is 27.3 Å². The number of carbonyl (C=O) groups is 1. The molecule has 168 valence electrons. The van der Waals surface area contributed by atoms with Crippen LogP contribution in [0.1, 0.15) is 16.7 Å². The predicted octanol–water partition coefficient (Wildman–Crippen LogP) is 3.79. The van der Waals surface area contributed by atoms with Gasteiger partial charge in [-0.1, -0.05) is 30.3 Å². The fourth-order valence-electron chi connectivity index (χ4n) is 4.33. The van der Waals surface area contributed by atoms with E-state index in [1.54, 1.807) is 13.2 Å². The van der Waals surface area contributed by atoms with Crippen LogP contribution in [0.3, 0.4) is 0 Å². The van der Waals surface area contributed by atoms with E-state index in [0.717, 1.165) is 27.3 Å². The van der Waals surface area contributed by atoms with Crippen molar-refractivity contribution < 1.29 is 22.0 Å². The van der Waals surface area contributed by atoms with Crippen molar-refractivity contribution in [1.29, 1.82) is 0 Å². The van der Waals surface area contributed by atoms with E-state index in [2.05, 4.69) is 5.32 Å². The van der Waals surface area contributed by atoms with Crippen LogP contribution in [0.25, 0.3) is 33.1 Å². The van der Waals surface area contributed by atoms with Gasteiger partial charge in [-0.25, -0.2) is 13.2 Å². The Labute approximate surface area is 189 Å². The summed E-state index contributed by atoms with van der Waals surface area (Å²) in [5.74, 6) is -0.619. The van der Waals surface area contributed by atoms with Gasteiger partial charge in [-0.05, 0) is 37.1 Å². The Bertz CT molecular complexity index is 1610. The van der Waals surface area contributed by atoms with E-state index in [1.165, 1.54) is 6.08 Å². The lowest BCUT2D eigenvalue weighted by molar-refractivity contribution is -0.120. The number of amides is 1. The molecule has 1 N–H and O–H groups in total. The molecule has 4 aromatic rings. The number of rotatable bonds is 4. The Morgan fingerprint density at radius 1 is 1.09 bits per heavy atom. The van der Waals surface area contributed by atoms with Gasteiger partial charge in [0.1, 0.15) is 11.2 Å². The zero-order valence-electron chi connectivity index (χ0n) is 18.0. The lowest BCUT2D eigenvalue weighted by Crippen LogP contribution is -2.37. The third-order valence-electron chi connectivity index (χ3n) is 6.04. The highest BCUT2D eigenvalue weighted by Gasteiger charge is 2.25. The zero-order valence-corrected chi connectivity index (χ0v) is 18.9. The summed E-state index contributed by atoms with van der Waals surface area (Å²) < 4.78 is 34.6. The fourth-order valence-corrected chi connectivity index (χ4v) is 5.56. The molecule has 0 unspecified atom stereocenters. The molecule has 2 aromatic heterocycles. The molecule has 7 nitrogen and oxygen atoms in total. The first-order valence-corrected chi connectivity index (χ1v) is 12.2. The minimum Gasteiger partial charge on any atom is -0.463 e. The molecule has 1 aliphatic rings. The number of nitrogens with one attached hydrogen (secondary N) is 1. The lowest BCUT2D eigenvalue weighted by atomic mass is 9.97. The Kier molecular flexibility index (Phi) is 4.97. The second-order valence-electron chi connectivity index (χ2n) is 8.27. The molecular weight excluding hydrogens is 442 g/mol. The van der Waals surface area contributed by atoms with Gasteiger partial charge in [-0.2, -0.15) is 0 Å². The van der Waals surface area contributed by atoms with Crippen LogP contribution in [0, 0.1) is 13.8 Å². The number of hydrogen-bond donors (Lipinski definition) is 1. The Morgan fingerprint density at radius 2 is 1.85 bits per heavy atom. The van der Waals surface area contributed by atoms with Crippen molar-refractivity contribution in [2.24, 2.45) is 0 Å². The summed E-state index contributed by atoms with van der Waals surface area (Å²) in [4.78, 5) is 25.3. The maximum absolute atomic E-state index is 12.8. The summed E-state index contributed by atoms with van der Waals surface area (Å²) in [5.41, 5.74) is 4.00. The van der Waals surface area contributed by atoms with Crippen LogP contribution in [0.5, 0.6) is 0 Å². The number of hydrogen-bond acceptors (Lipinski definition) is 6. The Hall–Kier alpha value is -3.65. The molecule has 1 aliphatic heterocycles. The first-order chi connectivity index (χ1) is 15.7. The molecule has 5 rings (SSSR count). The molecule has 0 fully saturated rings. The van der Waals surface area contributed by atoms with Crippen molar-refractivity contribution >= 4 is 37.7 Å². The van der Waals surface area contributed by atoms with E-state index in [9.17, 15) is 18.0 Å². The fraction of sp³-hybridized carbons (Fsp3) is 0.200. The highest BCUT2D eigenvalue weighted by atomic mass is 32.2. The van der Waals surface area contributed by atoms with Crippen molar-refractivity contribution in [3.8, 4) is 11.1 Å². The molecule has 2 aromatic carbocycles. The van der Waals surface area contributed by atoms with Crippen LogP contribution in [0.15, 0.2) is 67.8 Å². The standard InChI is InChI=1S/C25H21NO6S/c1-14-18-10-20-21(16-6-4-3-5-7-16)12-31-23(20)15(2)24(18)32-25(28)19(14)11-22(27)26-17-8-9-33(29,30)13-17/h3-10,12,17H,11,13H2,1-2H3,(H,26,27)/t17-/m1/s1. The average molecular weight is 464 g/mol. The Morgan fingerprint density at radius 3 is 2.55 bits per heavy atom. The molecule has 0 bridgehead atoms. The SMILES string of the molecule is Cc1c(CC(=O)N[C@@H]2C=CS(=O)(=O)C2)c(=O)oc2c(C)c3occ(-c4ccccc4)c3cc12. The van der Waals surface area contributed by atoms with Gasteiger partial charge in [0.05, 0.1) is 30.0 Å². The predicted molar refractivity (Wildman–Crippen MR) is 126 cm³/mol. The molecule has 1 amide bonds. The number of benzene rings is 2. The summed E-state index contributed by atoms with van der Waals surface area (Å²) in [6.07, 6.45) is 2.92. The third-order valence-corrected chi connectivity index (χ3v) is 7.44. The van der Waals surface area contributed by atoms with Gasteiger partial charge in [0.15, 0.2) is 9.84 Å². The van der Waals surface area contributed by atoms with Crippen molar-refractivity contribution in [2.75, 3.05) is 5.75 Å². The van der Waals surface area contributed by atoms with E-state index < -0.39 is 27.4 Å². The summed E-state index contributed by atoms with van der Waals surface area (Å²) in [6.45, 7) is 3.62. The number of fused-ring (bicyclic) bond motifs is 2. The smallest absolute Gasteiger partial charge is 0.340 e. The molecular formula is C25H21NO6S. The zero-order chi connectivity index (χ0) is 23.3. The van der Waals surface area contributed by atoms with Crippen molar-refractivity contribution in [3.63, 3.8) is 0 Å². The maximum Gasteiger partial charge on any atom is 0.340 e. The highest BCUT2D eigenvalue weighted by Crippen LogP contribution is 2.37. The second kappa shape index (κ2) is 7.74. The van der Waals surface area contributed by atoms with E-state index in [-0.39, 0.29) is 17.7 Å². The van der Waals surface area contributed by atoms with Crippen molar-refractivity contribution in [1.82, 2.24) is 5.32 Å². The van der Waals surface area contributed by atoms with Crippen molar-refractivity contribution in [3.05, 3.63) is 81.3 Å². The molecule has 0 radical (unpaired) electrons. The summed E-state index contributed by atoms with van der Waals surface area (Å²) in [7, 11) is -3.29. The maximum atomic E-state index is 12.8. The van der Waals surface area contributed by atoms with E-state index >= 15 is 0 Å².